The van der Waals surface area contributed by atoms with E-state index in [-0.39, 0.29) is 0 Å². The molecule has 0 aliphatic carbocycles. The van der Waals surface area contributed by atoms with Gasteiger partial charge in [-0.3, -0.25) is 0 Å². The zero-order valence-corrected chi connectivity index (χ0v) is 7.93. The van der Waals surface area contributed by atoms with Crippen molar-refractivity contribution in [1.82, 2.24) is 0 Å². The van der Waals surface area contributed by atoms with Gasteiger partial charge in [0.1, 0.15) is 0 Å². The van der Waals surface area contributed by atoms with Gasteiger partial charge in [-0.1, -0.05) is 6.07 Å². The fraction of sp³-hybridized carbons (Fsp3) is 0. The van der Waals surface area contributed by atoms with E-state index in [1.54, 1.807) is 0 Å². The van der Waals surface area contributed by atoms with Crippen molar-refractivity contribution in [2.75, 3.05) is 0 Å². The molecule has 0 saturated carbocycles. The Kier molecular flexibility index (Phi) is 6.52. The van der Waals surface area contributed by atoms with Crippen LogP contribution in [0.5, 0.6) is 0 Å². The van der Waals surface area contributed by atoms with Crippen LogP contribution in [-0.4, -0.2) is 0 Å². The molecule has 1 rings (SSSR count). The molecule has 0 amide bonds. The van der Waals surface area contributed by atoms with Gasteiger partial charge in [0.25, 0.3) is 0 Å². The minimum Gasteiger partial charge on any atom is -0.199 e. The monoisotopic (exact) mass is 276 g/mol. The van der Waals surface area contributed by atoms with Crippen molar-refractivity contribution in [3.63, 3.8) is 0 Å². The number of rotatable bonds is 0. The van der Waals surface area contributed by atoms with Gasteiger partial charge in [-0.15, -0.1) is 12.1 Å². The van der Waals surface area contributed by atoms with E-state index in [4.69, 9.17) is 0 Å². The predicted octanol–water partition coefficient (Wildman–Crippen LogP) is 2.71. The zero-order valence-electron chi connectivity index (χ0n) is 4.79. The van der Waals surface area contributed by atoms with Gasteiger partial charge in [-0.05, 0) is 0 Å². The van der Waals surface area contributed by atoms with E-state index in [9.17, 15) is 0 Å². The van der Waals surface area contributed by atoms with Crippen LogP contribution in [0.25, 0.3) is 0 Å². The number of benzene rings is 1. The van der Waals surface area contributed by atoms with Gasteiger partial charge in [-0.25, -0.2) is 0 Å². The normalized spacial score (nSPS) is 7.44. The van der Waals surface area contributed by atoms with E-state index in [2.05, 4.69) is 37.5 Å². The first-order valence-electron chi connectivity index (χ1n) is 2.38. The molecule has 9 heavy (non-hydrogen) atoms. The molecule has 0 aliphatic heterocycles. The molecule has 0 nitrogen and oxygen atoms in total. The third-order valence-electron chi connectivity index (χ3n) is 0.843. The van der Waals surface area contributed by atoms with Crippen LogP contribution in [0.3, 0.4) is 0 Å². The van der Waals surface area contributed by atoms with Crippen LogP contribution in [-0.2, 0) is 17.2 Å². The van der Waals surface area contributed by atoms with Crippen molar-refractivity contribution in [1.29, 1.82) is 0 Å². The van der Waals surface area contributed by atoms with Crippen molar-refractivity contribution in [2.45, 2.75) is 0 Å². The topological polar surface area (TPSA) is 0 Å². The molecule has 1 aromatic rings. The van der Waals surface area contributed by atoms with Gasteiger partial charge in [0.05, 0.1) is 0 Å². The van der Waals surface area contributed by atoms with E-state index in [1.807, 2.05) is 30.3 Å². The summed E-state index contributed by atoms with van der Waals surface area (Å²) in [5.74, 6) is 0. The fourth-order valence-electron chi connectivity index (χ4n) is 0.478. The second kappa shape index (κ2) is 6.35. The fourth-order valence-corrected chi connectivity index (χ4v) is 0.478. The molecule has 0 atom stereocenters. The van der Waals surface area contributed by atoms with Gasteiger partial charge in [0.2, 0.25) is 0 Å². The van der Waals surface area contributed by atoms with E-state index in [1.165, 1.54) is 0 Å². The molecular weight excluding hydrogens is 270 g/mol. The Morgan fingerprint density at radius 2 is 1.56 bits per heavy atom. The van der Waals surface area contributed by atoms with Gasteiger partial charge in [0, 0.05) is 0 Å². The largest absolute Gasteiger partial charge is 0.199 e. The first kappa shape index (κ1) is 9.23. The molecular formula is C7H7BrPd. The third kappa shape index (κ3) is 4.72. The van der Waals surface area contributed by atoms with Gasteiger partial charge < -0.3 is 0 Å². The quantitative estimate of drug-likeness (QED) is 0.505. The molecule has 0 aromatic heterocycles. The van der Waals surface area contributed by atoms with Gasteiger partial charge in [-0.2, -0.15) is 24.6 Å². The first-order chi connectivity index (χ1) is 4.39. The molecule has 0 saturated heterocycles. The summed E-state index contributed by atoms with van der Waals surface area (Å²) >= 11 is 5.35. The maximum absolute atomic E-state index is 3.72. The SMILES string of the molecule is [Br][Pd+].[CH2-]c1ccccc1. The maximum atomic E-state index is 3.72. The van der Waals surface area contributed by atoms with Gasteiger partial charge >= 0.3 is 30.6 Å². The van der Waals surface area contributed by atoms with Crippen molar-refractivity contribution in [2.24, 2.45) is 0 Å². The van der Waals surface area contributed by atoms with Crippen LogP contribution >= 0.6 is 13.4 Å². The van der Waals surface area contributed by atoms with Crippen LogP contribution < -0.4 is 0 Å². The zero-order chi connectivity index (χ0) is 7.11. The smallest absolute Gasteiger partial charge is 0.0866 e. The average Bonchev–Trinajstić information content (AvgIpc) is 1.94. The third-order valence-corrected chi connectivity index (χ3v) is 0.843. The second-order valence-corrected chi connectivity index (χ2v) is 1.49. The van der Waals surface area contributed by atoms with Crippen LogP contribution in [0.2, 0.25) is 0 Å². The molecule has 0 bridgehead atoms. The Hall–Kier alpha value is 0.232. The number of hydrogen-bond acceptors (Lipinski definition) is 0. The van der Waals surface area contributed by atoms with Gasteiger partial charge in [0.15, 0.2) is 0 Å². The Balaban J connectivity index is 0.000000291. The Labute approximate surface area is 73.3 Å². The van der Waals surface area contributed by atoms with Crippen LogP contribution in [0, 0.1) is 6.92 Å². The molecule has 1 aromatic carbocycles. The summed E-state index contributed by atoms with van der Waals surface area (Å²) in [6.45, 7) is 3.72. The van der Waals surface area contributed by atoms with Crippen LogP contribution in [0.4, 0.5) is 0 Å². The summed E-state index contributed by atoms with van der Waals surface area (Å²) in [5, 5.41) is 0. The summed E-state index contributed by atoms with van der Waals surface area (Å²) in [5.41, 5.74) is 1.07. The summed E-state index contributed by atoms with van der Waals surface area (Å²) in [7, 11) is 0. The average molecular weight is 277 g/mol. The van der Waals surface area contributed by atoms with E-state index >= 15 is 0 Å². The standard InChI is InChI=1S/C7H7.BrH.Pd/c1-7-5-3-2-4-6-7;;/h2-6H,1H2;1H;/q-1;;+2/p-1. The first-order valence-corrected chi connectivity index (χ1v) is 5.94. The molecule has 52 valence electrons. The molecule has 0 fully saturated rings. The molecule has 2 heteroatoms. The molecule has 0 aliphatic rings. The summed E-state index contributed by atoms with van der Waals surface area (Å²) in [4.78, 5) is 0. The van der Waals surface area contributed by atoms with E-state index in [0.29, 0.717) is 0 Å². The van der Waals surface area contributed by atoms with E-state index in [0.717, 1.165) is 5.56 Å². The van der Waals surface area contributed by atoms with E-state index < -0.39 is 0 Å². The molecule has 0 N–H and O–H groups in total. The minimum absolute atomic E-state index is 1.07. The minimum atomic E-state index is 1.07. The van der Waals surface area contributed by atoms with Crippen LogP contribution in [0.15, 0.2) is 30.3 Å². The molecule has 0 heterocycles. The molecule has 0 unspecified atom stereocenters. The Bertz CT molecular complexity index is 139. The Morgan fingerprint density at radius 1 is 1.11 bits per heavy atom. The van der Waals surface area contributed by atoms with Crippen molar-refractivity contribution < 1.29 is 17.2 Å². The number of halogens is 1. The van der Waals surface area contributed by atoms with Crippen molar-refractivity contribution in [3.05, 3.63) is 42.8 Å². The second-order valence-electron chi connectivity index (χ2n) is 1.49. The summed E-state index contributed by atoms with van der Waals surface area (Å²) in [6.07, 6.45) is 0. The van der Waals surface area contributed by atoms with Crippen molar-refractivity contribution in [3.8, 4) is 0 Å². The van der Waals surface area contributed by atoms with Crippen LogP contribution in [0.1, 0.15) is 5.56 Å². The number of hydrogen-bond donors (Lipinski definition) is 0. The Morgan fingerprint density at radius 3 is 1.78 bits per heavy atom. The molecule has 0 radical (unpaired) electrons. The van der Waals surface area contributed by atoms with Crippen molar-refractivity contribution >= 4 is 13.4 Å². The summed E-state index contributed by atoms with van der Waals surface area (Å²) < 4.78 is 0. The maximum Gasteiger partial charge on any atom is -0.0866 e. The summed E-state index contributed by atoms with van der Waals surface area (Å²) in [6, 6.07) is 9.87. The molecule has 0 spiro atoms. The predicted molar refractivity (Wildman–Crippen MR) is 39.8 cm³/mol.